The minimum absolute atomic E-state index is 0.344. The summed E-state index contributed by atoms with van der Waals surface area (Å²) in [5, 5.41) is 7.10. The second-order valence-corrected chi connectivity index (χ2v) is 4.92. The van der Waals surface area contributed by atoms with Crippen molar-refractivity contribution in [3.05, 3.63) is 23.8 Å². The highest BCUT2D eigenvalue weighted by atomic mass is 16.7. The minimum atomic E-state index is 0.344. The summed E-state index contributed by atoms with van der Waals surface area (Å²) in [5.74, 6) is 1.72. The molecule has 3 rings (SSSR count). The molecule has 1 fully saturated rings. The van der Waals surface area contributed by atoms with Gasteiger partial charge in [0.15, 0.2) is 11.5 Å². The molecule has 1 atom stereocenters. The number of fused-ring (bicyclic) bond motifs is 1. The first-order chi connectivity index (χ1) is 8.92. The zero-order chi connectivity index (χ0) is 12.2. The summed E-state index contributed by atoms with van der Waals surface area (Å²) in [4.78, 5) is 0. The van der Waals surface area contributed by atoms with Gasteiger partial charge in [0.2, 0.25) is 6.79 Å². The van der Waals surface area contributed by atoms with E-state index in [4.69, 9.17) is 9.47 Å². The molecule has 0 saturated carbocycles. The van der Waals surface area contributed by atoms with Gasteiger partial charge in [-0.2, -0.15) is 0 Å². The van der Waals surface area contributed by atoms with Crippen LogP contribution in [0.5, 0.6) is 11.5 Å². The maximum Gasteiger partial charge on any atom is 0.231 e. The first-order valence-corrected chi connectivity index (χ1v) is 6.77. The predicted molar refractivity (Wildman–Crippen MR) is 69.7 cm³/mol. The molecule has 2 aliphatic heterocycles. The lowest BCUT2D eigenvalue weighted by Crippen LogP contribution is -2.41. The van der Waals surface area contributed by atoms with Gasteiger partial charge in [0, 0.05) is 6.54 Å². The van der Waals surface area contributed by atoms with E-state index >= 15 is 0 Å². The van der Waals surface area contributed by atoms with Crippen molar-refractivity contribution in [3.8, 4) is 11.5 Å². The van der Waals surface area contributed by atoms with E-state index in [-0.39, 0.29) is 0 Å². The highest BCUT2D eigenvalue weighted by Crippen LogP contribution is 2.32. The van der Waals surface area contributed by atoms with Crippen LogP contribution in [0.2, 0.25) is 0 Å². The first-order valence-electron chi connectivity index (χ1n) is 6.77. The maximum atomic E-state index is 5.39. The van der Waals surface area contributed by atoms with Crippen LogP contribution in [0.25, 0.3) is 0 Å². The second kappa shape index (κ2) is 5.59. The molecule has 4 heteroatoms. The standard InChI is InChI=1S/C14H20N2O2/c1-2-4-14(15-7-3-1)16-9-11-5-6-12-13(8-11)18-10-17-12/h5-6,8,14-16H,1-4,7,9-10H2. The molecule has 4 nitrogen and oxygen atoms in total. The smallest absolute Gasteiger partial charge is 0.231 e. The molecule has 0 aromatic heterocycles. The van der Waals surface area contributed by atoms with Crippen molar-refractivity contribution in [3.63, 3.8) is 0 Å². The highest BCUT2D eigenvalue weighted by molar-refractivity contribution is 5.44. The van der Waals surface area contributed by atoms with Gasteiger partial charge < -0.3 is 14.8 Å². The van der Waals surface area contributed by atoms with E-state index in [0.717, 1.165) is 24.6 Å². The van der Waals surface area contributed by atoms with Gasteiger partial charge >= 0.3 is 0 Å². The van der Waals surface area contributed by atoms with Crippen LogP contribution in [0.1, 0.15) is 31.2 Å². The first kappa shape index (κ1) is 11.8. The molecule has 18 heavy (non-hydrogen) atoms. The molecule has 1 saturated heterocycles. The van der Waals surface area contributed by atoms with Crippen molar-refractivity contribution in [1.29, 1.82) is 0 Å². The Balaban J connectivity index is 1.56. The van der Waals surface area contributed by atoms with E-state index in [0.29, 0.717) is 13.0 Å². The van der Waals surface area contributed by atoms with E-state index in [2.05, 4.69) is 22.8 Å². The molecule has 0 bridgehead atoms. The average Bonchev–Trinajstić information content (AvgIpc) is 2.70. The minimum Gasteiger partial charge on any atom is -0.454 e. The Morgan fingerprint density at radius 1 is 1.17 bits per heavy atom. The summed E-state index contributed by atoms with van der Waals surface area (Å²) in [7, 11) is 0. The lowest BCUT2D eigenvalue weighted by atomic mass is 10.1. The van der Waals surface area contributed by atoms with Gasteiger partial charge in [0.05, 0.1) is 6.17 Å². The monoisotopic (exact) mass is 248 g/mol. The molecule has 1 aromatic rings. The lowest BCUT2D eigenvalue weighted by Gasteiger charge is -2.17. The SMILES string of the molecule is c1cc2c(cc1CNC1CCCCCN1)OCO2. The molecule has 0 aliphatic carbocycles. The van der Waals surface area contributed by atoms with E-state index < -0.39 is 0 Å². The van der Waals surface area contributed by atoms with Crippen molar-refractivity contribution < 1.29 is 9.47 Å². The van der Waals surface area contributed by atoms with Crippen LogP contribution >= 0.6 is 0 Å². The van der Waals surface area contributed by atoms with Crippen molar-refractivity contribution in [2.24, 2.45) is 0 Å². The summed E-state index contributed by atoms with van der Waals surface area (Å²) in [5.41, 5.74) is 1.24. The number of ether oxygens (including phenoxy) is 2. The lowest BCUT2D eigenvalue weighted by molar-refractivity contribution is 0.174. The van der Waals surface area contributed by atoms with E-state index in [1.54, 1.807) is 0 Å². The summed E-state index contributed by atoms with van der Waals surface area (Å²) in [6, 6.07) is 6.14. The Labute approximate surface area is 108 Å². The van der Waals surface area contributed by atoms with E-state index in [1.807, 2.05) is 6.07 Å². The summed E-state index contributed by atoms with van der Waals surface area (Å²) in [6.45, 7) is 2.34. The zero-order valence-electron chi connectivity index (χ0n) is 10.6. The number of rotatable bonds is 3. The Morgan fingerprint density at radius 3 is 3.11 bits per heavy atom. The molecule has 0 spiro atoms. The number of nitrogens with one attached hydrogen (secondary N) is 2. The van der Waals surface area contributed by atoms with E-state index in [1.165, 1.54) is 31.2 Å². The predicted octanol–water partition coefficient (Wildman–Crippen LogP) is 1.99. The highest BCUT2D eigenvalue weighted by Gasteiger charge is 2.14. The molecule has 98 valence electrons. The number of hydrogen-bond donors (Lipinski definition) is 2. The second-order valence-electron chi connectivity index (χ2n) is 4.92. The van der Waals surface area contributed by atoms with E-state index in [9.17, 15) is 0 Å². The summed E-state index contributed by atoms with van der Waals surface area (Å²) >= 11 is 0. The van der Waals surface area contributed by atoms with Gasteiger partial charge in [0.1, 0.15) is 0 Å². The molecule has 2 heterocycles. The van der Waals surface area contributed by atoms with Crippen LogP contribution in [-0.4, -0.2) is 19.5 Å². The Hall–Kier alpha value is -1.26. The zero-order valence-corrected chi connectivity index (χ0v) is 10.6. The van der Waals surface area contributed by atoms with Crippen LogP contribution in [0.4, 0.5) is 0 Å². The summed E-state index contributed by atoms with van der Waals surface area (Å²) in [6.07, 6.45) is 5.60. The average molecular weight is 248 g/mol. The maximum absolute atomic E-state index is 5.39. The van der Waals surface area contributed by atoms with Crippen LogP contribution in [0.15, 0.2) is 18.2 Å². The Morgan fingerprint density at radius 2 is 2.11 bits per heavy atom. The summed E-state index contributed by atoms with van der Waals surface area (Å²) < 4.78 is 10.7. The molecule has 2 aliphatic rings. The molecule has 1 unspecified atom stereocenters. The molecule has 0 amide bonds. The Bertz CT molecular complexity index is 401. The topological polar surface area (TPSA) is 42.5 Å². The van der Waals surface area contributed by atoms with Gasteiger partial charge in [-0.25, -0.2) is 0 Å². The normalized spacial score (nSPS) is 22.8. The van der Waals surface area contributed by atoms with Gasteiger partial charge in [-0.1, -0.05) is 18.9 Å². The van der Waals surface area contributed by atoms with Gasteiger partial charge in [0.25, 0.3) is 0 Å². The largest absolute Gasteiger partial charge is 0.454 e. The molecule has 0 radical (unpaired) electrons. The van der Waals surface area contributed by atoms with Gasteiger partial charge in [-0.15, -0.1) is 0 Å². The third-order valence-electron chi connectivity index (χ3n) is 3.55. The fourth-order valence-corrected chi connectivity index (χ4v) is 2.49. The quantitative estimate of drug-likeness (QED) is 0.858. The van der Waals surface area contributed by atoms with Crippen molar-refractivity contribution in [1.82, 2.24) is 10.6 Å². The fourth-order valence-electron chi connectivity index (χ4n) is 2.49. The van der Waals surface area contributed by atoms with Gasteiger partial charge in [-0.3, -0.25) is 5.32 Å². The molecule has 2 N–H and O–H groups in total. The van der Waals surface area contributed by atoms with Crippen LogP contribution in [0, 0.1) is 0 Å². The van der Waals surface area contributed by atoms with Crippen molar-refractivity contribution >= 4 is 0 Å². The molecule has 1 aromatic carbocycles. The van der Waals surface area contributed by atoms with Crippen molar-refractivity contribution in [2.45, 2.75) is 38.4 Å². The fraction of sp³-hybridized carbons (Fsp3) is 0.571. The third kappa shape index (κ3) is 2.76. The number of hydrogen-bond acceptors (Lipinski definition) is 4. The van der Waals surface area contributed by atoms with Gasteiger partial charge in [-0.05, 0) is 37.1 Å². The van der Waals surface area contributed by atoms with Crippen molar-refractivity contribution in [2.75, 3.05) is 13.3 Å². The molecular formula is C14H20N2O2. The van der Waals surface area contributed by atoms with Crippen LogP contribution in [0.3, 0.4) is 0 Å². The number of benzene rings is 1. The molecular weight excluding hydrogens is 228 g/mol. The third-order valence-corrected chi connectivity index (χ3v) is 3.55. The van der Waals surface area contributed by atoms with Crippen LogP contribution < -0.4 is 20.1 Å². The Kier molecular flexibility index (Phi) is 3.67. The van der Waals surface area contributed by atoms with Crippen LogP contribution in [-0.2, 0) is 6.54 Å².